The second kappa shape index (κ2) is 5.92. The number of hydrogen-bond acceptors (Lipinski definition) is 3. The zero-order valence-electron chi connectivity index (χ0n) is 6.96. The van der Waals surface area contributed by atoms with Gasteiger partial charge in [-0.05, 0) is 13.3 Å². The molecule has 0 saturated carbocycles. The Hall–Kier alpha value is -0.830. The van der Waals surface area contributed by atoms with Gasteiger partial charge in [-0.2, -0.15) is 0 Å². The predicted octanol–water partition coefficient (Wildman–Crippen LogP) is 0.878. The van der Waals surface area contributed by atoms with Crippen LogP contribution in [0.3, 0.4) is 0 Å². The first-order valence-corrected chi connectivity index (χ1v) is 3.54. The first kappa shape index (κ1) is 10.2. The van der Waals surface area contributed by atoms with Gasteiger partial charge >= 0.3 is 5.97 Å². The van der Waals surface area contributed by atoms with Crippen LogP contribution >= 0.6 is 0 Å². The molecule has 0 bridgehead atoms. The fourth-order valence-electron chi connectivity index (χ4n) is 0.659. The van der Waals surface area contributed by atoms with Crippen LogP contribution < -0.4 is 0 Å². The topological polar surface area (TPSA) is 46.5 Å². The van der Waals surface area contributed by atoms with E-state index in [1.54, 1.807) is 6.08 Å². The van der Waals surface area contributed by atoms with Gasteiger partial charge in [0.1, 0.15) is 0 Å². The van der Waals surface area contributed by atoms with Crippen LogP contribution in [0.1, 0.15) is 19.8 Å². The van der Waals surface area contributed by atoms with Crippen molar-refractivity contribution < 1.29 is 14.6 Å². The normalized spacial score (nSPS) is 11.4. The molecule has 0 radical (unpaired) electrons. The molecule has 64 valence electrons. The van der Waals surface area contributed by atoms with E-state index in [1.165, 1.54) is 7.11 Å². The van der Waals surface area contributed by atoms with E-state index in [-0.39, 0.29) is 12.6 Å². The minimum absolute atomic E-state index is 0.0347. The number of ether oxygens (including phenoxy) is 1. The first-order chi connectivity index (χ1) is 5.20. The number of rotatable bonds is 4. The molecule has 0 rings (SSSR count). The molecule has 0 saturated heterocycles. The van der Waals surface area contributed by atoms with Gasteiger partial charge in [-0.3, -0.25) is 4.79 Å². The summed E-state index contributed by atoms with van der Waals surface area (Å²) in [5.74, 6) is -0.212. The number of carbonyl (C=O) groups is 1. The molecule has 0 aromatic rings. The summed E-state index contributed by atoms with van der Waals surface area (Å²) in [6.07, 6.45) is 2.73. The first-order valence-electron chi connectivity index (χ1n) is 3.54. The van der Waals surface area contributed by atoms with Crippen LogP contribution in [-0.2, 0) is 9.53 Å². The molecule has 3 heteroatoms. The van der Waals surface area contributed by atoms with Gasteiger partial charge in [-0.15, -0.1) is 0 Å². The molecule has 0 aromatic heterocycles. The Morgan fingerprint density at radius 2 is 2.18 bits per heavy atom. The summed E-state index contributed by atoms with van der Waals surface area (Å²) in [6, 6.07) is 0. The lowest BCUT2D eigenvalue weighted by molar-refractivity contribution is -0.140. The van der Waals surface area contributed by atoms with Gasteiger partial charge in [0.25, 0.3) is 0 Å². The molecule has 0 atom stereocenters. The maximum atomic E-state index is 10.6. The summed E-state index contributed by atoms with van der Waals surface area (Å²) >= 11 is 0. The second-order valence-corrected chi connectivity index (χ2v) is 2.31. The van der Waals surface area contributed by atoms with Crippen molar-refractivity contribution in [3.63, 3.8) is 0 Å². The number of aliphatic hydroxyl groups is 1. The molecule has 0 aliphatic carbocycles. The van der Waals surface area contributed by atoms with Gasteiger partial charge < -0.3 is 9.84 Å². The minimum atomic E-state index is -0.212. The van der Waals surface area contributed by atoms with Crippen LogP contribution in [0.2, 0.25) is 0 Å². The molecule has 0 fully saturated rings. The van der Waals surface area contributed by atoms with Crippen molar-refractivity contribution in [2.24, 2.45) is 0 Å². The highest BCUT2D eigenvalue weighted by Crippen LogP contribution is 2.03. The Balaban J connectivity index is 3.53. The quantitative estimate of drug-likeness (QED) is 0.488. The van der Waals surface area contributed by atoms with E-state index in [4.69, 9.17) is 5.11 Å². The minimum Gasteiger partial charge on any atom is -0.469 e. The SMILES string of the molecule is COC(=O)CCC(C)=CCO. The van der Waals surface area contributed by atoms with Gasteiger partial charge in [0, 0.05) is 6.42 Å². The molecule has 11 heavy (non-hydrogen) atoms. The van der Waals surface area contributed by atoms with Gasteiger partial charge in [0.15, 0.2) is 0 Å². The number of methoxy groups -OCH3 is 1. The Kier molecular flexibility index (Phi) is 5.47. The molecular formula is C8H14O3. The van der Waals surface area contributed by atoms with Crippen LogP contribution in [0.15, 0.2) is 11.6 Å². The molecule has 0 amide bonds. The van der Waals surface area contributed by atoms with E-state index in [2.05, 4.69) is 4.74 Å². The van der Waals surface area contributed by atoms with Crippen LogP contribution in [-0.4, -0.2) is 24.8 Å². The molecule has 0 aliphatic rings. The molecule has 3 nitrogen and oxygen atoms in total. The fourth-order valence-corrected chi connectivity index (χ4v) is 0.659. The number of carbonyl (C=O) groups excluding carboxylic acids is 1. The molecule has 1 N–H and O–H groups in total. The van der Waals surface area contributed by atoms with Gasteiger partial charge in [-0.25, -0.2) is 0 Å². The van der Waals surface area contributed by atoms with Crippen LogP contribution in [0, 0.1) is 0 Å². The summed E-state index contributed by atoms with van der Waals surface area (Å²) in [5.41, 5.74) is 1.01. The van der Waals surface area contributed by atoms with Crippen LogP contribution in [0.25, 0.3) is 0 Å². The van der Waals surface area contributed by atoms with Crippen molar-refractivity contribution in [2.75, 3.05) is 13.7 Å². The monoisotopic (exact) mass is 158 g/mol. The number of esters is 1. The molecule has 0 aliphatic heterocycles. The lowest BCUT2D eigenvalue weighted by atomic mass is 10.1. The van der Waals surface area contributed by atoms with E-state index >= 15 is 0 Å². The number of aliphatic hydroxyl groups excluding tert-OH is 1. The van der Waals surface area contributed by atoms with Gasteiger partial charge in [0.2, 0.25) is 0 Å². The van der Waals surface area contributed by atoms with Crippen molar-refractivity contribution in [2.45, 2.75) is 19.8 Å². The van der Waals surface area contributed by atoms with Crippen molar-refractivity contribution in [3.05, 3.63) is 11.6 Å². The zero-order chi connectivity index (χ0) is 8.69. The van der Waals surface area contributed by atoms with Crippen LogP contribution in [0.4, 0.5) is 0 Å². The highest BCUT2D eigenvalue weighted by Gasteiger charge is 1.99. The van der Waals surface area contributed by atoms with Crippen molar-refractivity contribution in [3.8, 4) is 0 Å². The Labute approximate surface area is 66.7 Å². The van der Waals surface area contributed by atoms with E-state index in [0.29, 0.717) is 12.8 Å². The molecule has 0 spiro atoms. The van der Waals surface area contributed by atoms with Crippen molar-refractivity contribution in [1.82, 2.24) is 0 Å². The highest BCUT2D eigenvalue weighted by molar-refractivity contribution is 5.69. The second-order valence-electron chi connectivity index (χ2n) is 2.31. The average molecular weight is 158 g/mol. The third kappa shape index (κ3) is 5.61. The van der Waals surface area contributed by atoms with Gasteiger partial charge in [0.05, 0.1) is 13.7 Å². The van der Waals surface area contributed by atoms with Crippen molar-refractivity contribution >= 4 is 5.97 Å². The van der Waals surface area contributed by atoms with Crippen molar-refractivity contribution in [1.29, 1.82) is 0 Å². The summed E-state index contributed by atoms with van der Waals surface area (Å²) in [7, 11) is 1.37. The molecule has 0 heterocycles. The average Bonchev–Trinajstić information content (AvgIpc) is 2.01. The summed E-state index contributed by atoms with van der Waals surface area (Å²) in [6.45, 7) is 1.91. The maximum Gasteiger partial charge on any atom is 0.305 e. The standard InChI is InChI=1S/C8H14O3/c1-7(5-6-9)3-4-8(10)11-2/h5,9H,3-4,6H2,1-2H3. The van der Waals surface area contributed by atoms with E-state index in [9.17, 15) is 4.79 Å². The Morgan fingerprint density at radius 3 is 2.64 bits per heavy atom. The summed E-state index contributed by atoms with van der Waals surface area (Å²) in [4.78, 5) is 10.6. The summed E-state index contributed by atoms with van der Waals surface area (Å²) < 4.78 is 4.45. The Morgan fingerprint density at radius 1 is 1.55 bits per heavy atom. The summed E-state index contributed by atoms with van der Waals surface area (Å²) in [5, 5.41) is 8.47. The fraction of sp³-hybridized carbons (Fsp3) is 0.625. The lowest BCUT2D eigenvalue weighted by Gasteiger charge is -1.98. The molecular weight excluding hydrogens is 144 g/mol. The van der Waals surface area contributed by atoms with Gasteiger partial charge in [-0.1, -0.05) is 11.6 Å². The number of hydrogen-bond donors (Lipinski definition) is 1. The molecule has 0 unspecified atom stereocenters. The van der Waals surface area contributed by atoms with Crippen LogP contribution in [0.5, 0.6) is 0 Å². The van der Waals surface area contributed by atoms with E-state index in [0.717, 1.165) is 5.57 Å². The zero-order valence-corrected chi connectivity index (χ0v) is 6.96. The smallest absolute Gasteiger partial charge is 0.305 e. The third-order valence-corrected chi connectivity index (χ3v) is 1.39. The maximum absolute atomic E-state index is 10.6. The molecule has 0 aromatic carbocycles. The lowest BCUT2D eigenvalue weighted by Crippen LogP contribution is -1.99. The predicted molar refractivity (Wildman–Crippen MR) is 42.1 cm³/mol. The largest absolute Gasteiger partial charge is 0.469 e. The number of allylic oxidation sites excluding steroid dienone is 1. The van der Waals surface area contributed by atoms with E-state index in [1.807, 2.05) is 6.92 Å². The third-order valence-electron chi connectivity index (χ3n) is 1.39. The Bertz CT molecular complexity index is 149. The highest BCUT2D eigenvalue weighted by atomic mass is 16.5. The van der Waals surface area contributed by atoms with E-state index < -0.39 is 0 Å².